The molecule has 1 aliphatic heterocycles. The summed E-state index contributed by atoms with van der Waals surface area (Å²) < 4.78 is 13.9. The lowest BCUT2D eigenvalue weighted by atomic mass is 10.1. The fraction of sp³-hybridized carbons (Fsp3) is 0.500. The number of benzene rings is 1. The second-order valence-electron chi connectivity index (χ2n) is 5.25. The van der Waals surface area contributed by atoms with E-state index in [-0.39, 0.29) is 23.8 Å². The number of halogens is 1. The van der Waals surface area contributed by atoms with Gasteiger partial charge in [-0.1, -0.05) is 0 Å². The van der Waals surface area contributed by atoms with Gasteiger partial charge >= 0.3 is 0 Å². The molecule has 0 aliphatic carbocycles. The van der Waals surface area contributed by atoms with E-state index >= 15 is 0 Å². The van der Waals surface area contributed by atoms with Gasteiger partial charge in [-0.05, 0) is 31.5 Å². The summed E-state index contributed by atoms with van der Waals surface area (Å²) in [6.45, 7) is 2.57. The summed E-state index contributed by atoms with van der Waals surface area (Å²) in [7, 11) is 3.53. The molecule has 0 aromatic heterocycles. The van der Waals surface area contributed by atoms with E-state index < -0.39 is 0 Å². The molecule has 1 heterocycles. The minimum Gasteiger partial charge on any atom is -0.375 e. The van der Waals surface area contributed by atoms with E-state index in [0.29, 0.717) is 17.8 Å². The second kappa shape index (κ2) is 5.17. The van der Waals surface area contributed by atoms with Gasteiger partial charge in [0.05, 0.1) is 5.69 Å². The Morgan fingerprint density at radius 2 is 2.16 bits per heavy atom. The number of anilines is 1. The number of nitrogens with zero attached hydrogens (tertiary/aromatic N) is 2. The maximum atomic E-state index is 13.9. The SMILES string of the molecule is C[C@H]1[C@@H](N)CCN1C(=O)c1ccc(N(C)C)c(F)c1. The molecular weight excluding hydrogens is 245 g/mol. The van der Waals surface area contributed by atoms with Crippen molar-refractivity contribution in [2.75, 3.05) is 25.5 Å². The maximum absolute atomic E-state index is 13.9. The van der Waals surface area contributed by atoms with Crippen LogP contribution in [0.1, 0.15) is 23.7 Å². The first-order valence-electron chi connectivity index (χ1n) is 6.45. The monoisotopic (exact) mass is 265 g/mol. The van der Waals surface area contributed by atoms with Crippen LogP contribution in [0.25, 0.3) is 0 Å². The predicted octanol–water partition coefficient (Wildman–Crippen LogP) is 1.45. The Labute approximate surface area is 113 Å². The van der Waals surface area contributed by atoms with Gasteiger partial charge in [0.15, 0.2) is 0 Å². The van der Waals surface area contributed by atoms with Crippen LogP contribution in [-0.4, -0.2) is 43.5 Å². The second-order valence-corrected chi connectivity index (χ2v) is 5.25. The predicted molar refractivity (Wildman–Crippen MR) is 73.8 cm³/mol. The molecule has 2 rings (SSSR count). The van der Waals surface area contributed by atoms with Crippen molar-refractivity contribution in [3.05, 3.63) is 29.6 Å². The van der Waals surface area contributed by atoms with Crippen LogP contribution in [0.4, 0.5) is 10.1 Å². The molecule has 0 bridgehead atoms. The molecule has 1 aromatic carbocycles. The summed E-state index contributed by atoms with van der Waals surface area (Å²) in [6.07, 6.45) is 0.797. The summed E-state index contributed by atoms with van der Waals surface area (Å²) in [6, 6.07) is 4.60. The molecule has 2 N–H and O–H groups in total. The average Bonchev–Trinajstić information content (AvgIpc) is 2.68. The van der Waals surface area contributed by atoms with E-state index in [0.717, 1.165) is 6.42 Å². The Hall–Kier alpha value is -1.62. The summed E-state index contributed by atoms with van der Waals surface area (Å²) >= 11 is 0. The molecule has 1 saturated heterocycles. The molecule has 104 valence electrons. The molecule has 0 radical (unpaired) electrons. The Morgan fingerprint density at radius 1 is 1.47 bits per heavy atom. The fourth-order valence-electron chi connectivity index (χ4n) is 2.42. The molecule has 1 fully saturated rings. The zero-order valence-corrected chi connectivity index (χ0v) is 11.6. The Morgan fingerprint density at radius 3 is 2.63 bits per heavy atom. The lowest BCUT2D eigenvalue weighted by Crippen LogP contribution is -2.40. The molecule has 1 amide bonds. The third-order valence-electron chi connectivity index (χ3n) is 3.75. The molecule has 0 saturated carbocycles. The van der Waals surface area contributed by atoms with Gasteiger partial charge in [0.2, 0.25) is 0 Å². The zero-order chi connectivity index (χ0) is 14.2. The molecule has 0 unspecified atom stereocenters. The van der Waals surface area contributed by atoms with Crippen molar-refractivity contribution < 1.29 is 9.18 Å². The molecule has 0 spiro atoms. The summed E-state index contributed by atoms with van der Waals surface area (Å²) in [5.74, 6) is -0.531. The molecular formula is C14H20FN3O. The van der Waals surface area contributed by atoms with Gasteiger partial charge in [-0.3, -0.25) is 4.79 Å². The van der Waals surface area contributed by atoms with E-state index in [4.69, 9.17) is 5.73 Å². The highest BCUT2D eigenvalue weighted by Gasteiger charge is 2.32. The molecule has 19 heavy (non-hydrogen) atoms. The van der Waals surface area contributed by atoms with Gasteiger partial charge in [0.25, 0.3) is 5.91 Å². The third-order valence-corrected chi connectivity index (χ3v) is 3.75. The maximum Gasteiger partial charge on any atom is 0.254 e. The van der Waals surface area contributed by atoms with Crippen LogP contribution >= 0.6 is 0 Å². The van der Waals surface area contributed by atoms with Gasteiger partial charge in [-0.15, -0.1) is 0 Å². The summed E-state index contributed by atoms with van der Waals surface area (Å²) in [4.78, 5) is 15.7. The number of likely N-dealkylation sites (tertiary alicyclic amines) is 1. The van der Waals surface area contributed by atoms with Crippen molar-refractivity contribution in [3.63, 3.8) is 0 Å². The molecule has 4 nitrogen and oxygen atoms in total. The summed E-state index contributed by atoms with van der Waals surface area (Å²) in [5.41, 5.74) is 6.76. The molecule has 2 atom stereocenters. The van der Waals surface area contributed by atoms with Crippen LogP contribution in [-0.2, 0) is 0 Å². The van der Waals surface area contributed by atoms with Crippen molar-refractivity contribution in [2.45, 2.75) is 25.4 Å². The van der Waals surface area contributed by atoms with Crippen LogP contribution in [0.2, 0.25) is 0 Å². The third kappa shape index (κ3) is 2.56. The Bertz CT molecular complexity index is 490. The van der Waals surface area contributed by atoms with Gasteiger partial charge in [-0.2, -0.15) is 0 Å². The fourth-order valence-corrected chi connectivity index (χ4v) is 2.42. The van der Waals surface area contributed by atoms with E-state index in [1.807, 2.05) is 6.92 Å². The molecule has 1 aliphatic rings. The van der Waals surface area contributed by atoms with Gasteiger partial charge in [0, 0.05) is 38.3 Å². The van der Waals surface area contributed by atoms with Crippen LogP contribution in [0.5, 0.6) is 0 Å². The highest BCUT2D eigenvalue weighted by Crippen LogP contribution is 2.22. The smallest absolute Gasteiger partial charge is 0.254 e. The lowest BCUT2D eigenvalue weighted by Gasteiger charge is -2.23. The van der Waals surface area contributed by atoms with Crippen LogP contribution in [0.3, 0.4) is 0 Å². The summed E-state index contributed by atoms with van der Waals surface area (Å²) in [5, 5.41) is 0. The topological polar surface area (TPSA) is 49.6 Å². The van der Waals surface area contributed by atoms with Gasteiger partial charge in [0.1, 0.15) is 5.82 Å². The Kier molecular flexibility index (Phi) is 3.75. The van der Waals surface area contributed by atoms with Gasteiger partial charge in [-0.25, -0.2) is 4.39 Å². The molecule has 1 aromatic rings. The molecule has 5 heteroatoms. The average molecular weight is 265 g/mol. The van der Waals surface area contributed by atoms with Crippen LogP contribution in [0.15, 0.2) is 18.2 Å². The zero-order valence-electron chi connectivity index (χ0n) is 11.6. The number of hydrogen-bond donors (Lipinski definition) is 1. The number of carbonyl (C=O) groups is 1. The first kappa shape index (κ1) is 13.8. The standard InChI is InChI=1S/C14H20FN3O/c1-9-12(16)6-7-18(9)14(19)10-4-5-13(17(2)3)11(15)8-10/h4-5,8-9,12H,6-7,16H2,1-3H3/t9-,12-/m0/s1. The van der Waals surface area contributed by atoms with E-state index in [1.54, 1.807) is 36.0 Å². The van der Waals surface area contributed by atoms with Crippen molar-refractivity contribution >= 4 is 11.6 Å². The number of rotatable bonds is 2. The van der Waals surface area contributed by atoms with E-state index in [1.165, 1.54) is 6.07 Å². The number of nitrogens with two attached hydrogens (primary N) is 1. The van der Waals surface area contributed by atoms with Crippen LogP contribution < -0.4 is 10.6 Å². The van der Waals surface area contributed by atoms with E-state index in [2.05, 4.69) is 0 Å². The van der Waals surface area contributed by atoms with Gasteiger partial charge < -0.3 is 15.5 Å². The van der Waals surface area contributed by atoms with Crippen LogP contribution in [0, 0.1) is 5.82 Å². The quantitative estimate of drug-likeness (QED) is 0.880. The lowest BCUT2D eigenvalue weighted by molar-refractivity contribution is 0.0742. The normalized spacial score (nSPS) is 22.7. The highest BCUT2D eigenvalue weighted by molar-refractivity contribution is 5.95. The van der Waals surface area contributed by atoms with Crippen molar-refractivity contribution in [2.24, 2.45) is 5.73 Å². The first-order chi connectivity index (χ1) is 8.91. The Balaban J connectivity index is 2.23. The van der Waals surface area contributed by atoms with Crippen molar-refractivity contribution in [1.29, 1.82) is 0 Å². The van der Waals surface area contributed by atoms with Crippen molar-refractivity contribution in [1.82, 2.24) is 4.90 Å². The van der Waals surface area contributed by atoms with Crippen molar-refractivity contribution in [3.8, 4) is 0 Å². The first-order valence-corrected chi connectivity index (χ1v) is 6.45. The number of amides is 1. The largest absolute Gasteiger partial charge is 0.375 e. The minimum atomic E-state index is -0.382. The minimum absolute atomic E-state index is 0.00378. The highest BCUT2D eigenvalue weighted by atomic mass is 19.1. The van der Waals surface area contributed by atoms with E-state index in [9.17, 15) is 9.18 Å². The number of carbonyl (C=O) groups excluding carboxylic acids is 1. The number of hydrogen-bond acceptors (Lipinski definition) is 3.